The molecule has 0 saturated heterocycles. The number of nitrogens with zero attached hydrogens (tertiary/aromatic N) is 1. The third-order valence-electron chi connectivity index (χ3n) is 4.19. The molecule has 0 aliphatic heterocycles. The molecule has 0 aliphatic rings. The lowest BCUT2D eigenvalue weighted by atomic mass is 10.1. The Hall–Kier alpha value is -2.17. The van der Waals surface area contributed by atoms with Crippen LogP contribution in [0.25, 0.3) is 10.9 Å². The largest absolute Gasteiger partial charge is 0.504 e. The van der Waals surface area contributed by atoms with Gasteiger partial charge in [0.05, 0.1) is 12.1 Å². The standard InChI is InChI=1S/C19H27NO4/c1-3-5-7-8-11-20-16-13-14(24-12-6-4-2)9-10-15(16)17(21)18(22)19(20)23/h9-10,13,21-22H,3-8,11-12H2,1-2H3. The van der Waals surface area contributed by atoms with E-state index in [1.54, 1.807) is 18.2 Å². The van der Waals surface area contributed by atoms with Gasteiger partial charge in [0, 0.05) is 18.0 Å². The van der Waals surface area contributed by atoms with E-state index in [4.69, 9.17) is 4.74 Å². The Morgan fingerprint density at radius 2 is 1.75 bits per heavy atom. The second kappa shape index (κ2) is 8.62. The Bertz CT molecular complexity index is 736. The lowest BCUT2D eigenvalue weighted by molar-refractivity contribution is 0.309. The first-order chi connectivity index (χ1) is 11.6. The Labute approximate surface area is 142 Å². The fraction of sp³-hybridized carbons (Fsp3) is 0.526. The molecule has 1 heterocycles. The van der Waals surface area contributed by atoms with Crippen molar-refractivity contribution in [2.75, 3.05) is 6.61 Å². The predicted octanol–water partition coefficient (Wildman–Crippen LogP) is 4.17. The van der Waals surface area contributed by atoms with Crippen LogP contribution in [-0.4, -0.2) is 21.4 Å². The summed E-state index contributed by atoms with van der Waals surface area (Å²) in [6.45, 7) is 5.36. The third kappa shape index (κ3) is 4.02. The number of hydrogen-bond acceptors (Lipinski definition) is 4. The topological polar surface area (TPSA) is 71.7 Å². The summed E-state index contributed by atoms with van der Waals surface area (Å²) in [5, 5.41) is 20.5. The van der Waals surface area contributed by atoms with Crippen molar-refractivity contribution in [3.8, 4) is 17.2 Å². The molecule has 0 atom stereocenters. The van der Waals surface area contributed by atoms with Gasteiger partial charge in [0.25, 0.3) is 5.56 Å². The molecular weight excluding hydrogens is 306 g/mol. The first kappa shape index (κ1) is 18.2. The van der Waals surface area contributed by atoms with Gasteiger partial charge in [-0.2, -0.15) is 0 Å². The molecule has 2 rings (SSSR count). The number of rotatable bonds is 9. The molecule has 2 N–H and O–H groups in total. The van der Waals surface area contributed by atoms with Crippen LogP contribution in [0.4, 0.5) is 0 Å². The van der Waals surface area contributed by atoms with E-state index in [2.05, 4.69) is 13.8 Å². The Kier molecular flexibility index (Phi) is 6.53. The molecular formula is C19H27NO4. The predicted molar refractivity (Wildman–Crippen MR) is 96.1 cm³/mol. The minimum atomic E-state index is -0.586. The summed E-state index contributed by atoms with van der Waals surface area (Å²) in [4.78, 5) is 12.4. The Morgan fingerprint density at radius 3 is 2.46 bits per heavy atom. The molecule has 0 unspecified atom stereocenters. The minimum absolute atomic E-state index is 0.361. The van der Waals surface area contributed by atoms with Gasteiger partial charge in [0.15, 0.2) is 5.75 Å². The molecule has 5 heteroatoms. The summed E-state index contributed by atoms with van der Waals surface area (Å²) in [6, 6.07) is 5.21. The number of aromatic hydroxyl groups is 2. The van der Waals surface area contributed by atoms with Crippen LogP contribution in [0.3, 0.4) is 0 Å². The van der Waals surface area contributed by atoms with Gasteiger partial charge >= 0.3 is 0 Å². The van der Waals surface area contributed by atoms with Gasteiger partial charge in [-0.3, -0.25) is 4.79 Å². The minimum Gasteiger partial charge on any atom is -0.504 e. The molecule has 0 amide bonds. The maximum absolute atomic E-state index is 12.4. The van der Waals surface area contributed by atoms with Crippen molar-refractivity contribution >= 4 is 10.9 Å². The normalized spacial score (nSPS) is 11.1. The monoisotopic (exact) mass is 333 g/mol. The van der Waals surface area contributed by atoms with Gasteiger partial charge in [0.1, 0.15) is 5.75 Å². The van der Waals surface area contributed by atoms with E-state index in [0.29, 0.717) is 29.8 Å². The molecule has 2 aromatic rings. The van der Waals surface area contributed by atoms with Gasteiger partial charge in [0.2, 0.25) is 5.75 Å². The van der Waals surface area contributed by atoms with E-state index in [0.717, 1.165) is 38.5 Å². The second-order valence-corrected chi connectivity index (χ2v) is 6.10. The van der Waals surface area contributed by atoms with Crippen molar-refractivity contribution in [1.29, 1.82) is 0 Å². The van der Waals surface area contributed by atoms with Gasteiger partial charge in [-0.05, 0) is 25.0 Å². The first-order valence-electron chi connectivity index (χ1n) is 8.81. The van der Waals surface area contributed by atoms with E-state index in [-0.39, 0.29) is 5.75 Å². The van der Waals surface area contributed by atoms with Crippen LogP contribution >= 0.6 is 0 Å². The number of aryl methyl sites for hydroxylation is 1. The summed E-state index contributed by atoms with van der Waals surface area (Å²) < 4.78 is 7.24. The summed E-state index contributed by atoms with van der Waals surface area (Å²) in [5.74, 6) is -0.277. The van der Waals surface area contributed by atoms with Crippen LogP contribution in [-0.2, 0) is 6.54 Å². The van der Waals surface area contributed by atoms with Crippen LogP contribution in [0.1, 0.15) is 52.4 Å². The van der Waals surface area contributed by atoms with Crippen molar-refractivity contribution in [2.45, 2.75) is 58.9 Å². The zero-order valence-electron chi connectivity index (χ0n) is 14.5. The van der Waals surface area contributed by atoms with Crippen LogP contribution in [0, 0.1) is 0 Å². The van der Waals surface area contributed by atoms with Crippen LogP contribution in [0.2, 0.25) is 0 Å². The van der Waals surface area contributed by atoms with Crippen LogP contribution in [0.5, 0.6) is 17.2 Å². The molecule has 132 valence electrons. The zero-order valence-corrected chi connectivity index (χ0v) is 14.5. The quantitative estimate of drug-likeness (QED) is 0.676. The van der Waals surface area contributed by atoms with Gasteiger partial charge in [-0.25, -0.2) is 0 Å². The maximum atomic E-state index is 12.4. The summed E-state index contributed by atoms with van der Waals surface area (Å²) >= 11 is 0. The second-order valence-electron chi connectivity index (χ2n) is 6.10. The average Bonchev–Trinajstić information content (AvgIpc) is 2.59. The van der Waals surface area contributed by atoms with Crippen molar-refractivity contribution in [1.82, 2.24) is 4.57 Å². The molecule has 0 radical (unpaired) electrons. The molecule has 1 aromatic heterocycles. The fourth-order valence-corrected chi connectivity index (χ4v) is 2.74. The summed E-state index contributed by atoms with van der Waals surface area (Å²) in [5.41, 5.74) is 0.0444. The van der Waals surface area contributed by atoms with Crippen molar-refractivity contribution in [2.24, 2.45) is 0 Å². The van der Waals surface area contributed by atoms with E-state index in [1.165, 1.54) is 4.57 Å². The molecule has 0 spiro atoms. The smallest absolute Gasteiger partial charge is 0.297 e. The third-order valence-corrected chi connectivity index (χ3v) is 4.19. The molecule has 24 heavy (non-hydrogen) atoms. The van der Waals surface area contributed by atoms with E-state index in [9.17, 15) is 15.0 Å². The lowest BCUT2D eigenvalue weighted by Gasteiger charge is -2.14. The van der Waals surface area contributed by atoms with Crippen molar-refractivity contribution < 1.29 is 14.9 Å². The van der Waals surface area contributed by atoms with Crippen molar-refractivity contribution in [3.63, 3.8) is 0 Å². The lowest BCUT2D eigenvalue weighted by Crippen LogP contribution is -2.20. The highest BCUT2D eigenvalue weighted by atomic mass is 16.5. The molecule has 0 bridgehead atoms. The molecule has 1 aromatic carbocycles. The number of aromatic nitrogens is 1. The van der Waals surface area contributed by atoms with Crippen LogP contribution < -0.4 is 10.3 Å². The molecule has 0 saturated carbocycles. The highest BCUT2D eigenvalue weighted by molar-refractivity contribution is 5.88. The summed E-state index contributed by atoms with van der Waals surface area (Å²) in [6.07, 6.45) is 6.12. The average molecular weight is 333 g/mol. The van der Waals surface area contributed by atoms with Gasteiger partial charge in [-0.1, -0.05) is 39.5 Å². The number of unbranched alkanes of at least 4 members (excludes halogenated alkanes) is 4. The van der Waals surface area contributed by atoms with Crippen LogP contribution in [0.15, 0.2) is 23.0 Å². The fourth-order valence-electron chi connectivity index (χ4n) is 2.74. The highest BCUT2D eigenvalue weighted by Crippen LogP contribution is 2.32. The van der Waals surface area contributed by atoms with E-state index >= 15 is 0 Å². The Morgan fingerprint density at radius 1 is 1.00 bits per heavy atom. The number of ether oxygens (including phenoxy) is 1. The maximum Gasteiger partial charge on any atom is 0.297 e. The van der Waals surface area contributed by atoms with E-state index in [1.807, 2.05) is 0 Å². The molecule has 0 aliphatic carbocycles. The molecule has 0 fully saturated rings. The van der Waals surface area contributed by atoms with Crippen molar-refractivity contribution in [3.05, 3.63) is 28.6 Å². The number of fused-ring (bicyclic) bond motifs is 1. The number of pyridine rings is 1. The van der Waals surface area contributed by atoms with Gasteiger partial charge in [-0.15, -0.1) is 0 Å². The number of benzene rings is 1. The van der Waals surface area contributed by atoms with E-state index < -0.39 is 11.3 Å². The molecule has 5 nitrogen and oxygen atoms in total. The number of hydrogen-bond donors (Lipinski definition) is 2. The Balaban J connectivity index is 2.39. The summed E-state index contributed by atoms with van der Waals surface area (Å²) in [7, 11) is 0. The highest BCUT2D eigenvalue weighted by Gasteiger charge is 2.16. The first-order valence-corrected chi connectivity index (χ1v) is 8.81. The van der Waals surface area contributed by atoms with Gasteiger partial charge < -0.3 is 19.5 Å². The SMILES string of the molecule is CCCCCCn1c(=O)c(O)c(O)c2ccc(OCCCC)cc21. The zero-order chi connectivity index (χ0) is 17.5.